The molecule has 1 aromatic rings. The molecule has 1 aromatic heterocycles. The third-order valence-corrected chi connectivity index (χ3v) is 6.07. The minimum atomic E-state index is -0.289. The lowest BCUT2D eigenvalue weighted by molar-refractivity contribution is -0.139. The van der Waals surface area contributed by atoms with Gasteiger partial charge in [0.1, 0.15) is 0 Å². The van der Waals surface area contributed by atoms with E-state index in [4.69, 9.17) is 0 Å². The van der Waals surface area contributed by atoms with Crippen molar-refractivity contribution < 1.29 is 9.59 Å². The van der Waals surface area contributed by atoms with Crippen LogP contribution in [0, 0.1) is 23.2 Å². The van der Waals surface area contributed by atoms with Gasteiger partial charge in [0.15, 0.2) is 0 Å². The van der Waals surface area contributed by atoms with Gasteiger partial charge in [-0.05, 0) is 62.0 Å². The van der Waals surface area contributed by atoms with Crippen LogP contribution in [0.1, 0.15) is 55.3 Å². The fourth-order valence-electron chi connectivity index (χ4n) is 5.29. The molecule has 4 bridgehead atoms. The molecular weight excluding hydrogens is 290 g/mol. The predicted octanol–water partition coefficient (Wildman–Crippen LogP) is 2.45. The summed E-state index contributed by atoms with van der Waals surface area (Å²) in [7, 11) is 0. The summed E-state index contributed by atoms with van der Waals surface area (Å²) in [6.07, 6.45) is 11.3. The second-order valence-corrected chi connectivity index (χ2v) is 7.68. The van der Waals surface area contributed by atoms with Gasteiger partial charge in [-0.15, -0.1) is 0 Å². The van der Waals surface area contributed by atoms with Crippen molar-refractivity contribution in [1.29, 1.82) is 0 Å². The molecule has 0 spiro atoms. The van der Waals surface area contributed by atoms with Gasteiger partial charge < -0.3 is 0 Å². The summed E-state index contributed by atoms with van der Waals surface area (Å²) in [5.41, 5.74) is 5.54. The standard InChI is InChI=1S/C18H23N3O2/c22-16(15-3-5-19-6-4-15)20-21-17(23)18-9-12-1-2-13(10-18)8-14(7-12)11-18/h3-6,12-14H,1-2,7-11H2,(H,20,22)(H,21,23). The zero-order valence-corrected chi connectivity index (χ0v) is 13.3. The van der Waals surface area contributed by atoms with Gasteiger partial charge in [0.05, 0.1) is 5.41 Å². The number of nitrogens with one attached hydrogen (secondary N) is 2. The van der Waals surface area contributed by atoms with Gasteiger partial charge in [0, 0.05) is 18.0 Å². The van der Waals surface area contributed by atoms with Gasteiger partial charge in [-0.1, -0.05) is 12.8 Å². The zero-order chi connectivity index (χ0) is 15.9. The maximum Gasteiger partial charge on any atom is 0.269 e. The average Bonchev–Trinajstić information content (AvgIpc) is 2.79. The lowest BCUT2D eigenvalue weighted by Gasteiger charge is -2.46. The molecule has 5 rings (SSSR count). The highest BCUT2D eigenvalue weighted by atomic mass is 16.2. The van der Waals surface area contributed by atoms with Crippen molar-refractivity contribution in [2.75, 3.05) is 0 Å². The molecule has 4 aliphatic rings. The molecule has 0 aromatic carbocycles. The van der Waals surface area contributed by atoms with E-state index in [0.717, 1.165) is 19.3 Å². The number of hydrogen-bond donors (Lipinski definition) is 2. The Morgan fingerprint density at radius 1 is 0.957 bits per heavy atom. The van der Waals surface area contributed by atoms with Gasteiger partial charge in [-0.3, -0.25) is 25.4 Å². The van der Waals surface area contributed by atoms with Crippen molar-refractivity contribution in [3.05, 3.63) is 30.1 Å². The van der Waals surface area contributed by atoms with Crippen LogP contribution in [0.4, 0.5) is 0 Å². The number of fused-ring (bicyclic) bond motifs is 1. The highest BCUT2D eigenvalue weighted by Gasteiger charge is 2.52. The normalized spacial score (nSPS) is 34.7. The topological polar surface area (TPSA) is 71.1 Å². The molecule has 4 aliphatic carbocycles. The van der Waals surface area contributed by atoms with Crippen LogP contribution in [0.15, 0.2) is 24.5 Å². The minimum Gasteiger partial charge on any atom is -0.273 e. The fourth-order valence-corrected chi connectivity index (χ4v) is 5.29. The third-order valence-electron chi connectivity index (χ3n) is 6.07. The molecule has 2 amide bonds. The SMILES string of the molecule is O=C(NNC(=O)C12CC3CCC(CC(C3)C1)C2)c1ccncc1. The Morgan fingerprint density at radius 3 is 2.22 bits per heavy atom. The van der Waals surface area contributed by atoms with Crippen molar-refractivity contribution in [1.82, 2.24) is 15.8 Å². The Kier molecular flexibility index (Phi) is 3.58. The quantitative estimate of drug-likeness (QED) is 0.824. The highest BCUT2D eigenvalue weighted by Crippen LogP contribution is 2.57. The number of hydrazine groups is 1. The van der Waals surface area contributed by atoms with Crippen molar-refractivity contribution >= 4 is 11.8 Å². The van der Waals surface area contributed by atoms with E-state index in [2.05, 4.69) is 15.8 Å². The summed E-state index contributed by atoms with van der Waals surface area (Å²) < 4.78 is 0. The largest absolute Gasteiger partial charge is 0.273 e. The molecule has 122 valence electrons. The van der Waals surface area contributed by atoms with Gasteiger partial charge in [0.2, 0.25) is 5.91 Å². The molecule has 23 heavy (non-hydrogen) atoms. The first-order chi connectivity index (χ1) is 11.1. The van der Waals surface area contributed by atoms with E-state index in [-0.39, 0.29) is 17.2 Å². The molecule has 1 heterocycles. The monoisotopic (exact) mass is 313 g/mol. The van der Waals surface area contributed by atoms with E-state index in [0.29, 0.717) is 23.3 Å². The molecule has 2 unspecified atom stereocenters. The molecule has 5 nitrogen and oxygen atoms in total. The smallest absolute Gasteiger partial charge is 0.269 e. The first-order valence-electron chi connectivity index (χ1n) is 8.65. The predicted molar refractivity (Wildman–Crippen MR) is 85.1 cm³/mol. The van der Waals surface area contributed by atoms with Gasteiger partial charge >= 0.3 is 0 Å². The van der Waals surface area contributed by atoms with Crippen LogP contribution in [-0.4, -0.2) is 16.8 Å². The lowest BCUT2D eigenvalue weighted by Crippen LogP contribution is -2.53. The average molecular weight is 313 g/mol. The second kappa shape index (κ2) is 5.62. The van der Waals surface area contributed by atoms with Crippen LogP contribution < -0.4 is 10.9 Å². The van der Waals surface area contributed by atoms with Gasteiger partial charge in [-0.2, -0.15) is 0 Å². The number of amides is 2. The summed E-state index contributed by atoms with van der Waals surface area (Å²) >= 11 is 0. The van der Waals surface area contributed by atoms with Crippen LogP contribution in [-0.2, 0) is 4.79 Å². The van der Waals surface area contributed by atoms with Gasteiger partial charge in [0.25, 0.3) is 5.91 Å². The molecule has 5 heteroatoms. The molecule has 0 aliphatic heterocycles. The second-order valence-electron chi connectivity index (χ2n) is 7.68. The molecule has 2 N–H and O–H groups in total. The zero-order valence-electron chi connectivity index (χ0n) is 13.3. The lowest BCUT2D eigenvalue weighted by atomic mass is 9.58. The van der Waals surface area contributed by atoms with Crippen molar-refractivity contribution in [3.8, 4) is 0 Å². The van der Waals surface area contributed by atoms with Crippen LogP contribution in [0.5, 0.6) is 0 Å². The van der Waals surface area contributed by atoms with Crippen molar-refractivity contribution in [2.45, 2.75) is 44.9 Å². The molecule has 4 saturated carbocycles. The number of aromatic nitrogens is 1. The van der Waals surface area contributed by atoms with E-state index in [1.807, 2.05) is 0 Å². The fraction of sp³-hybridized carbons (Fsp3) is 0.611. The summed E-state index contributed by atoms with van der Waals surface area (Å²) in [6.45, 7) is 0. The number of hydrogen-bond acceptors (Lipinski definition) is 3. The molecule has 0 radical (unpaired) electrons. The number of carbonyl (C=O) groups is 2. The Labute approximate surface area is 136 Å². The van der Waals surface area contributed by atoms with E-state index in [1.54, 1.807) is 24.5 Å². The summed E-state index contributed by atoms with van der Waals surface area (Å²) in [5, 5.41) is 0. The van der Waals surface area contributed by atoms with Crippen molar-refractivity contribution in [3.63, 3.8) is 0 Å². The Balaban J connectivity index is 1.44. The number of rotatable bonds is 2. The van der Waals surface area contributed by atoms with Crippen LogP contribution in [0.25, 0.3) is 0 Å². The van der Waals surface area contributed by atoms with Crippen molar-refractivity contribution in [2.24, 2.45) is 23.2 Å². The van der Waals surface area contributed by atoms with E-state index in [1.165, 1.54) is 25.7 Å². The maximum absolute atomic E-state index is 12.8. The summed E-state index contributed by atoms with van der Waals surface area (Å²) in [6, 6.07) is 3.27. The number of nitrogens with zero attached hydrogens (tertiary/aromatic N) is 1. The van der Waals surface area contributed by atoms with Crippen LogP contribution in [0.3, 0.4) is 0 Å². The Bertz CT molecular complexity index is 600. The Hall–Kier alpha value is -1.91. The maximum atomic E-state index is 12.8. The molecule has 4 fully saturated rings. The molecule has 2 atom stereocenters. The van der Waals surface area contributed by atoms with Gasteiger partial charge in [-0.25, -0.2) is 0 Å². The number of pyridine rings is 1. The summed E-state index contributed by atoms with van der Waals surface area (Å²) in [5.74, 6) is 1.83. The minimum absolute atomic E-state index is 0.0150. The van der Waals surface area contributed by atoms with E-state index in [9.17, 15) is 9.59 Å². The molecule has 0 saturated heterocycles. The first kappa shape index (κ1) is 14.7. The third kappa shape index (κ3) is 2.73. The Morgan fingerprint density at radius 2 is 1.57 bits per heavy atom. The van der Waals surface area contributed by atoms with E-state index < -0.39 is 0 Å². The summed E-state index contributed by atoms with van der Waals surface area (Å²) in [4.78, 5) is 28.8. The highest BCUT2D eigenvalue weighted by molar-refractivity contribution is 5.95. The van der Waals surface area contributed by atoms with E-state index >= 15 is 0 Å². The first-order valence-corrected chi connectivity index (χ1v) is 8.65. The molecular formula is C18H23N3O2. The van der Waals surface area contributed by atoms with Crippen LogP contribution >= 0.6 is 0 Å². The number of carbonyl (C=O) groups excluding carboxylic acids is 2. The van der Waals surface area contributed by atoms with Crippen LogP contribution in [0.2, 0.25) is 0 Å².